The molecule has 0 fully saturated rings. The lowest BCUT2D eigenvalue weighted by molar-refractivity contribution is 0.476. The van der Waals surface area contributed by atoms with E-state index >= 15 is 0 Å². The van der Waals surface area contributed by atoms with E-state index in [0.717, 1.165) is 4.42 Å². The minimum Gasteiger partial charge on any atom is -0.383 e. The lowest BCUT2D eigenvalue weighted by atomic mass is 10.1. The van der Waals surface area contributed by atoms with Crippen LogP contribution in [0.5, 0.6) is 0 Å². The van der Waals surface area contributed by atoms with Crippen molar-refractivity contribution in [3.63, 3.8) is 0 Å². The quantitative estimate of drug-likeness (QED) is 0.402. The van der Waals surface area contributed by atoms with Gasteiger partial charge in [0.25, 0.3) is 0 Å². The van der Waals surface area contributed by atoms with Gasteiger partial charge in [0.1, 0.15) is 0 Å². The van der Waals surface area contributed by atoms with Crippen LogP contribution in [0.1, 0.15) is 5.56 Å². The van der Waals surface area contributed by atoms with Gasteiger partial charge in [0.2, 0.25) is 7.59 Å². The molecule has 0 radical (unpaired) electrons. The highest BCUT2D eigenvalue weighted by atomic mass is 35.6. The Labute approximate surface area is 185 Å². The highest BCUT2D eigenvalue weighted by Gasteiger charge is 2.44. The summed E-state index contributed by atoms with van der Waals surface area (Å²) in [5.41, 5.74) is 1.31. The Morgan fingerprint density at radius 2 is 1.72 bits per heavy atom. The number of aliphatic imine (C=N–C) groups is 2. The molecule has 1 heterocycles. The van der Waals surface area contributed by atoms with Gasteiger partial charge in [-0.25, -0.2) is 14.4 Å². The third-order valence-corrected chi connectivity index (χ3v) is 4.62. The van der Waals surface area contributed by atoms with Crippen molar-refractivity contribution >= 4 is 110 Å². The molecule has 1 N–H and O–H groups in total. The van der Waals surface area contributed by atoms with Gasteiger partial charge in [-0.2, -0.15) is 0 Å². The van der Waals surface area contributed by atoms with Crippen molar-refractivity contribution in [2.45, 2.75) is 13.8 Å². The van der Waals surface area contributed by atoms with Crippen molar-refractivity contribution in [1.29, 1.82) is 0 Å². The zero-order chi connectivity index (χ0) is 18.8. The first kappa shape index (κ1) is 21.8. The average Bonchev–Trinajstić information content (AvgIpc) is 2.51. The van der Waals surface area contributed by atoms with Gasteiger partial charge in [-0.05, 0) is 12.1 Å². The summed E-state index contributed by atoms with van der Waals surface area (Å²) in [7, 11) is 0. The van der Waals surface area contributed by atoms with Crippen LogP contribution in [-0.2, 0) is 0 Å². The van der Waals surface area contributed by atoms with Crippen molar-refractivity contribution in [2.75, 3.05) is 17.7 Å². The normalized spacial score (nSPS) is 18.7. The van der Waals surface area contributed by atoms with E-state index in [4.69, 9.17) is 93.0 Å². The number of anilines is 1. The van der Waals surface area contributed by atoms with Crippen LogP contribution < -0.4 is 5.32 Å². The van der Waals surface area contributed by atoms with Gasteiger partial charge in [0.15, 0.2) is 17.8 Å². The second kappa shape index (κ2) is 8.66. The first-order valence-corrected chi connectivity index (χ1v) is 9.84. The van der Waals surface area contributed by atoms with Crippen LogP contribution in [0.15, 0.2) is 34.3 Å². The molecule has 0 spiro atoms. The third-order valence-electron chi connectivity index (χ3n) is 3.00. The van der Waals surface area contributed by atoms with Crippen LogP contribution in [0.2, 0.25) is 0 Å². The molecule has 2 rings (SSSR count). The van der Waals surface area contributed by atoms with E-state index in [-0.39, 0.29) is 11.7 Å². The van der Waals surface area contributed by atoms with Gasteiger partial charge in [-0.3, -0.25) is 0 Å². The third kappa shape index (κ3) is 5.49. The highest BCUT2D eigenvalue weighted by Crippen LogP contribution is 2.40. The van der Waals surface area contributed by atoms with Crippen LogP contribution in [-0.4, -0.2) is 42.3 Å². The van der Waals surface area contributed by atoms with Crippen LogP contribution >= 0.6 is 93.0 Å². The highest BCUT2D eigenvalue weighted by molar-refractivity contribution is 6.77. The van der Waals surface area contributed by atoms with Crippen LogP contribution in [0, 0.1) is 0 Å². The predicted octanol–water partition coefficient (Wildman–Crippen LogP) is 6.02. The molecule has 1 unspecified atom stereocenters. The Morgan fingerprint density at radius 1 is 1.08 bits per heavy atom. The van der Waals surface area contributed by atoms with Crippen molar-refractivity contribution in [2.24, 2.45) is 9.98 Å². The molecule has 0 bridgehead atoms. The first-order valence-electron chi connectivity index (χ1n) is 6.70. The largest absolute Gasteiger partial charge is 0.383 e. The molecule has 1 atom stereocenters. The summed E-state index contributed by atoms with van der Waals surface area (Å²) in [4.78, 5) is 8.32. The maximum absolute atomic E-state index is 6.35. The number of hydrogen-bond donors (Lipinski definition) is 1. The number of nitrogens with zero attached hydrogens (tertiary/aromatic N) is 3. The molecule has 0 aliphatic carbocycles. The Bertz CT molecular complexity index is 679. The summed E-state index contributed by atoms with van der Waals surface area (Å²) in [6.45, 7) is 0.521. The van der Waals surface area contributed by atoms with Crippen molar-refractivity contribution in [1.82, 2.24) is 4.42 Å². The Kier molecular flexibility index (Phi) is 7.54. The van der Waals surface area contributed by atoms with Crippen molar-refractivity contribution in [3.05, 3.63) is 29.8 Å². The van der Waals surface area contributed by atoms with Gasteiger partial charge in [0.05, 0.1) is 0 Å². The van der Waals surface area contributed by atoms with E-state index in [0.29, 0.717) is 23.7 Å². The topological polar surface area (TPSA) is 40.0 Å². The van der Waals surface area contributed by atoms with E-state index in [1.54, 1.807) is 12.1 Å². The summed E-state index contributed by atoms with van der Waals surface area (Å²) in [6.07, 6.45) is -1.15. The summed E-state index contributed by atoms with van der Waals surface area (Å²) < 4.78 is -2.72. The van der Waals surface area contributed by atoms with E-state index in [9.17, 15) is 0 Å². The molecule has 0 saturated heterocycles. The minimum absolute atomic E-state index is 0.145. The Balaban J connectivity index is 2.56. The SMILES string of the molecule is ClCCNc1ccccc1C1=NC(C(Cl)(Cl)Cl)=NC(C(Cl)(Cl)Cl)N1Cl. The number of alkyl halides is 7. The van der Waals surface area contributed by atoms with Crippen molar-refractivity contribution in [3.8, 4) is 0 Å². The number of benzene rings is 1. The zero-order valence-electron chi connectivity index (χ0n) is 12.2. The molecule has 0 saturated carbocycles. The lowest BCUT2D eigenvalue weighted by Gasteiger charge is -2.34. The molecule has 1 aromatic rings. The minimum atomic E-state index is -1.92. The van der Waals surface area contributed by atoms with Crippen LogP contribution in [0.3, 0.4) is 0 Å². The maximum atomic E-state index is 6.35. The number of hydrogen-bond acceptors (Lipinski definition) is 4. The molecular weight excluding hydrogens is 496 g/mol. The first-order chi connectivity index (χ1) is 11.6. The van der Waals surface area contributed by atoms with Crippen LogP contribution in [0.4, 0.5) is 5.69 Å². The maximum Gasteiger partial charge on any atom is 0.249 e. The standard InChI is InChI=1S/C13H10Cl8N4/c14-5-6-22-8-4-2-1-3-7(8)9-23-10(12(15,16)17)24-11(25(9)21)13(18,19)20/h1-4,11,22H,5-6H2. The zero-order valence-corrected chi connectivity index (χ0v) is 18.2. The molecule has 12 heteroatoms. The number of nitrogens with one attached hydrogen (secondary N) is 1. The van der Waals surface area contributed by atoms with Gasteiger partial charge in [-0.15, -0.1) is 11.6 Å². The number of rotatable bonds is 4. The monoisotopic (exact) mass is 502 g/mol. The smallest absolute Gasteiger partial charge is 0.249 e. The van der Waals surface area contributed by atoms with Crippen molar-refractivity contribution < 1.29 is 0 Å². The molecular formula is C13H10Cl8N4. The summed E-state index contributed by atoms with van der Waals surface area (Å²) in [5.74, 6) is 0.475. The summed E-state index contributed by atoms with van der Waals surface area (Å²) in [6, 6.07) is 7.21. The Morgan fingerprint density at radius 3 is 2.28 bits per heavy atom. The fourth-order valence-electron chi connectivity index (χ4n) is 1.99. The molecule has 0 aromatic heterocycles. The second-order valence-corrected chi connectivity index (χ2v) is 10.2. The molecule has 1 aliphatic heterocycles. The number of amidine groups is 2. The van der Waals surface area contributed by atoms with E-state index in [1.165, 1.54) is 0 Å². The molecule has 1 aromatic carbocycles. The van der Waals surface area contributed by atoms with Gasteiger partial charge >= 0.3 is 0 Å². The summed E-state index contributed by atoms with van der Waals surface area (Å²) in [5, 5.41) is 3.15. The Hall–Kier alpha value is 0.480. The molecule has 25 heavy (non-hydrogen) atoms. The summed E-state index contributed by atoms with van der Waals surface area (Å²) >= 11 is 47.8. The van der Waals surface area contributed by atoms with Gasteiger partial charge < -0.3 is 5.32 Å². The molecule has 138 valence electrons. The fraction of sp³-hybridized carbons (Fsp3) is 0.385. The fourth-order valence-corrected chi connectivity index (χ4v) is 3.26. The molecule has 1 aliphatic rings. The average molecular weight is 506 g/mol. The predicted molar refractivity (Wildman–Crippen MR) is 112 cm³/mol. The van der Waals surface area contributed by atoms with E-state index in [2.05, 4.69) is 15.3 Å². The van der Waals surface area contributed by atoms with Gasteiger partial charge in [-0.1, -0.05) is 81.7 Å². The van der Waals surface area contributed by atoms with E-state index in [1.807, 2.05) is 12.1 Å². The number of halogens is 8. The second-order valence-electron chi connectivity index (χ2n) is 4.77. The van der Waals surface area contributed by atoms with Gasteiger partial charge in [0, 0.05) is 35.5 Å². The molecule has 4 nitrogen and oxygen atoms in total. The number of para-hydroxylation sites is 1. The van der Waals surface area contributed by atoms with Crippen LogP contribution in [0.25, 0.3) is 0 Å². The lowest BCUT2D eigenvalue weighted by Crippen LogP contribution is -2.46. The van der Waals surface area contributed by atoms with E-state index < -0.39 is 13.8 Å². The molecule has 0 amide bonds.